The standard InChI is InChI=1S/C22H23F3N4O.C15H11F3N4.2C7H12O.C6H10O.C3H9IOS/c23-22(24,25)18-10-8-16(9-11-18)14-17-6-2-3-7-19(17)20-26-28-29(27-20)15-21(30)12-4-1-5-13-21;16-15(17,18)12-7-5-10(6-8-12)9-11-3-1-2-4-13(11)14-19-21-22-20-14;2*1-2-4-7(5-3-1)6-8-7;7-6-4-2-1-3-5-6;1-6(2,3,4)5/h2-3,6-11,30H,1,4-5,12-15H2;1-8H,9H2,(H,19,20,21,22);2*1-6H2;1-5H2;1-3H3. The van der Waals surface area contributed by atoms with Crippen molar-refractivity contribution >= 4 is 33.2 Å². The predicted molar refractivity (Wildman–Crippen MR) is 311 cm³/mol. The fourth-order valence-electron chi connectivity index (χ4n) is 10.3. The first-order valence-corrected chi connectivity index (χ1v) is 33.9. The molecule has 442 valence electrons. The molecule has 2 saturated heterocycles. The van der Waals surface area contributed by atoms with Crippen molar-refractivity contribution in [3.8, 4) is 22.8 Å². The fraction of sp³-hybridized carbons (Fsp3) is 0.550. The average Bonchev–Trinajstić information content (AvgIpc) is 4.25. The number of hydrogen-bond donors (Lipinski definition) is 2. The molecule has 2 spiro atoms. The van der Waals surface area contributed by atoms with Gasteiger partial charge in [-0.1, -0.05) is 143 Å². The van der Waals surface area contributed by atoms with E-state index in [1.165, 1.54) is 99.7 Å². The van der Waals surface area contributed by atoms with Gasteiger partial charge in [0.2, 0.25) is 11.6 Å². The maximum Gasteiger partial charge on any atom is 0.416 e. The third kappa shape index (κ3) is 22.3. The number of benzene rings is 4. The molecule has 4 aromatic carbocycles. The molecule has 0 bridgehead atoms. The summed E-state index contributed by atoms with van der Waals surface area (Å²) >= 11 is 1.96. The second kappa shape index (κ2) is 28.1. The quantitative estimate of drug-likeness (QED) is 0.0641. The lowest BCUT2D eigenvalue weighted by molar-refractivity contribution is -0.138. The second-order valence-corrected chi connectivity index (χ2v) is 36.6. The van der Waals surface area contributed by atoms with Gasteiger partial charge in [-0.15, -0.1) is 20.4 Å². The number of ketones is 1. The van der Waals surface area contributed by atoms with Gasteiger partial charge in [0.15, 0.2) is 0 Å². The van der Waals surface area contributed by atoms with Crippen LogP contribution >= 0.6 is 21.2 Å². The van der Waals surface area contributed by atoms with Crippen molar-refractivity contribution in [1.29, 1.82) is 0 Å². The summed E-state index contributed by atoms with van der Waals surface area (Å²) in [5, 5.41) is 37.2. The molecule has 6 aliphatic rings. The molecule has 4 heterocycles. The van der Waals surface area contributed by atoms with Crippen LogP contribution in [0.1, 0.15) is 162 Å². The van der Waals surface area contributed by atoms with Crippen LogP contribution < -0.4 is 0 Å². The summed E-state index contributed by atoms with van der Waals surface area (Å²) in [4.78, 5) is 11.9. The van der Waals surface area contributed by atoms with Crippen molar-refractivity contribution in [2.24, 2.45) is 0 Å². The Hall–Kier alpha value is -4.97. The van der Waals surface area contributed by atoms with E-state index in [2.05, 4.69) is 36.0 Å². The topological polar surface area (TPSA) is 177 Å². The average molecular weight is 1260 g/mol. The molecular weight excluding hydrogens is 1190 g/mol. The number of halogens is 7. The first-order valence-electron chi connectivity index (χ1n) is 28.2. The van der Waals surface area contributed by atoms with Gasteiger partial charge in [0.1, 0.15) is 5.78 Å². The largest absolute Gasteiger partial charge is 0.416 e. The number of aliphatic hydroxyl groups is 1. The number of aromatic amines is 1. The van der Waals surface area contributed by atoms with E-state index < -0.39 is 35.3 Å². The van der Waals surface area contributed by atoms with Crippen LogP contribution in [-0.2, 0) is 52.2 Å². The van der Waals surface area contributed by atoms with E-state index in [9.17, 15) is 40.5 Å². The molecule has 2 aliphatic heterocycles. The number of hydrogen-bond acceptors (Lipinski definition) is 11. The van der Waals surface area contributed by atoms with Gasteiger partial charge in [-0.05, 0) is 140 Å². The number of nitrogens with zero attached hydrogens (tertiary/aromatic N) is 7. The van der Waals surface area contributed by atoms with Crippen LogP contribution in [-0.4, -0.2) is 105 Å². The maximum absolute atomic E-state index is 12.8. The molecule has 12 rings (SSSR count). The number of tetrazole rings is 2. The van der Waals surface area contributed by atoms with E-state index >= 15 is 0 Å². The van der Waals surface area contributed by atoms with Crippen molar-refractivity contribution in [1.82, 2.24) is 40.8 Å². The number of rotatable bonds is 8. The van der Waals surface area contributed by atoms with Gasteiger partial charge in [-0.25, -0.2) is 0 Å². The van der Waals surface area contributed by atoms with E-state index in [-0.39, 0.29) is 0 Å². The van der Waals surface area contributed by atoms with Gasteiger partial charge in [0, 0.05) is 45.2 Å². The van der Waals surface area contributed by atoms with Crippen molar-refractivity contribution in [3.05, 3.63) is 130 Å². The highest BCUT2D eigenvalue weighted by Gasteiger charge is 2.45. The van der Waals surface area contributed by atoms with E-state index in [0.29, 0.717) is 48.0 Å². The Morgan fingerprint density at radius 3 is 1.35 bits per heavy atom. The molecule has 2 N–H and O–H groups in total. The Labute approximate surface area is 483 Å². The molecule has 6 aromatic rings. The number of nitrogens with one attached hydrogen (secondary N) is 1. The van der Waals surface area contributed by atoms with E-state index in [1.807, 2.05) is 69.7 Å². The van der Waals surface area contributed by atoms with Gasteiger partial charge in [-0.2, -0.15) is 36.4 Å². The molecule has 13 nitrogen and oxygen atoms in total. The Balaban J connectivity index is 0.000000159. The maximum atomic E-state index is 12.8. The first-order chi connectivity index (χ1) is 38.3. The van der Waals surface area contributed by atoms with Crippen LogP contribution in [0.4, 0.5) is 26.3 Å². The molecule has 0 radical (unpaired) electrons. The third-order valence-corrected chi connectivity index (χ3v) is 14.9. The smallest absolute Gasteiger partial charge is 0.388 e. The zero-order valence-corrected chi connectivity index (χ0v) is 49.7. The van der Waals surface area contributed by atoms with Crippen LogP contribution in [0.25, 0.3) is 22.8 Å². The van der Waals surface area contributed by atoms with E-state index in [1.54, 1.807) is 18.8 Å². The minimum Gasteiger partial charge on any atom is -0.388 e. The minimum absolute atomic E-state index is 0.307. The molecule has 6 fully saturated rings. The van der Waals surface area contributed by atoms with Gasteiger partial charge in [0.25, 0.3) is 0 Å². The number of H-pyrrole nitrogens is 1. The summed E-state index contributed by atoms with van der Waals surface area (Å²) in [5.74, 6) is 1.37. The van der Waals surface area contributed by atoms with Crippen molar-refractivity contribution < 1.29 is 49.9 Å². The van der Waals surface area contributed by atoms with Gasteiger partial charge in [-0.3, -0.25) is 9.00 Å². The van der Waals surface area contributed by atoms with Gasteiger partial charge < -0.3 is 14.6 Å². The molecule has 21 heteroatoms. The van der Waals surface area contributed by atoms with Gasteiger partial charge in [0.05, 0.1) is 47.7 Å². The highest BCUT2D eigenvalue weighted by molar-refractivity contribution is 14.2. The number of alkyl halides is 6. The van der Waals surface area contributed by atoms with Crippen LogP contribution in [0.3, 0.4) is 0 Å². The Morgan fingerprint density at radius 2 is 0.988 bits per heavy atom. The Morgan fingerprint density at radius 1 is 0.593 bits per heavy atom. The number of carbonyl (C=O) groups is 1. The van der Waals surface area contributed by atoms with E-state index in [4.69, 9.17) is 9.47 Å². The molecule has 0 amide bonds. The summed E-state index contributed by atoms with van der Waals surface area (Å²) in [5.41, 5.74) is 3.69. The Bertz CT molecular complexity index is 2900. The van der Waals surface area contributed by atoms with Crippen molar-refractivity contribution in [2.45, 2.75) is 177 Å². The Kier molecular flexibility index (Phi) is 22.0. The molecule has 4 saturated carbocycles. The molecule has 4 aliphatic carbocycles. The predicted octanol–water partition coefficient (Wildman–Crippen LogP) is 14.1. The van der Waals surface area contributed by atoms with Crippen molar-refractivity contribution in [2.75, 3.05) is 32.0 Å². The summed E-state index contributed by atoms with van der Waals surface area (Å²) < 4.78 is 97.5. The second-order valence-electron chi connectivity index (χ2n) is 23.1. The van der Waals surface area contributed by atoms with Crippen LogP contribution in [0, 0.1) is 0 Å². The zero-order valence-electron chi connectivity index (χ0n) is 46.7. The highest BCUT2D eigenvalue weighted by Crippen LogP contribution is 2.42. The number of epoxide rings is 2. The molecule has 2 aromatic heterocycles. The lowest BCUT2D eigenvalue weighted by Gasteiger charge is -2.30. The van der Waals surface area contributed by atoms with E-state index in [0.717, 1.165) is 129 Å². The lowest BCUT2D eigenvalue weighted by atomic mass is 9.85. The van der Waals surface area contributed by atoms with Crippen LogP contribution in [0.2, 0.25) is 0 Å². The summed E-state index contributed by atoms with van der Waals surface area (Å²) in [6.07, 6.45) is 19.1. The minimum atomic E-state index is -4.35. The summed E-state index contributed by atoms with van der Waals surface area (Å²) in [6.45, 7) is 2.43. The van der Waals surface area contributed by atoms with Crippen LogP contribution in [0.5, 0.6) is 0 Å². The molecule has 81 heavy (non-hydrogen) atoms. The number of ether oxygens (including phenoxy) is 2. The summed E-state index contributed by atoms with van der Waals surface area (Å²) in [6, 6.07) is 25.3. The highest BCUT2D eigenvalue weighted by atomic mass is 127. The lowest BCUT2D eigenvalue weighted by Crippen LogP contribution is -2.37. The molecule has 0 atom stereocenters. The third-order valence-electron chi connectivity index (χ3n) is 14.9. The number of aromatic nitrogens is 8. The van der Waals surface area contributed by atoms with Crippen LogP contribution in [0.15, 0.2) is 97.1 Å². The first kappa shape index (κ1) is 63.6. The number of carbonyl (C=O) groups excluding carboxylic acids is 1. The summed E-state index contributed by atoms with van der Waals surface area (Å²) in [7, 11) is 0. The normalized spacial score (nSPS) is 19.1. The monoisotopic (exact) mass is 1260 g/mol. The van der Waals surface area contributed by atoms with Gasteiger partial charge >= 0.3 is 12.4 Å². The molecular formula is C60H77F6IN8O5S. The number of Topliss-reactive ketones (excluding diaryl/α,β-unsaturated/α-hetero) is 1. The SMILES string of the molecule is C1CCC2(CC1)CO2.C1CCC2(CC1)CO2.CS(C)(C)(=O)I.FC(F)(F)c1ccc(Cc2ccccc2-c2nn[nH]n2)cc1.O=C1CCCCC1.OC1(Cn2nnc(-c3ccccc3Cc3ccc(C(F)(F)F)cc3)n2)CCCCC1. The fourth-order valence-corrected chi connectivity index (χ4v) is 10.3. The molecule has 0 unspecified atom stereocenters. The van der Waals surface area contributed by atoms with Crippen molar-refractivity contribution in [3.63, 3.8) is 0 Å². The zero-order chi connectivity index (χ0) is 58.2.